The standard InChI is InChI=1S/C17H21NO2/c1-16(2)9-6-10-17(16)11-13(19)18-15(20)14(17)12-7-4-3-5-8-12/h3-5,7-8,14H,6,9-11H2,1-2H3,(H,18,19,20). The van der Waals surface area contributed by atoms with Crippen LogP contribution in [0.4, 0.5) is 0 Å². The maximum absolute atomic E-state index is 12.5. The number of imide groups is 1. The summed E-state index contributed by atoms with van der Waals surface area (Å²) in [6, 6.07) is 9.91. The molecule has 0 bridgehead atoms. The van der Waals surface area contributed by atoms with Gasteiger partial charge in [0.2, 0.25) is 11.8 Å². The fraction of sp³-hybridized carbons (Fsp3) is 0.529. The average molecular weight is 271 g/mol. The molecule has 1 aliphatic carbocycles. The number of rotatable bonds is 1. The van der Waals surface area contributed by atoms with Crippen LogP contribution in [0.2, 0.25) is 0 Å². The molecular weight excluding hydrogens is 250 g/mol. The molecule has 0 aromatic heterocycles. The van der Waals surface area contributed by atoms with Gasteiger partial charge in [-0.25, -0.2) is 0 Å². The summed E-state index contributed by atoms with van der Waals surface area (Å²) in [6.07, 6.45) is 3.60. The van der Waals surface area contributed by atoms with Gasteiger partial charge in [-0.05, 0) is 29.2 Å². The van der Waals surface area contributed by atoms with Crippen molar-refractivity contribution in [2.24, 2.45) is 10.8 Å². The predicted octanol–water partition coefficient (Wildman–Crippen LogP) is 3.01. The molecule has 1 heterocycles. The summed E-state index contributed by atoms with van der Waals surface area (Å²) in [5, 5.41) is 2.54. The third-order valence-corrected chi connectivity index (χ3v) is 5.46. The van der Waals surface area contributed by atoms with Crippen molar-refractivity contribution in [1.29, 1.82) is 0 Å². The monoisotopic (exact) mass is 271 g/mol. The highest BCUT2D eigenvalue weighted by Gasteiger charge is 2.59. The van der Waals surface area contributed by atoms with E-state index in [1.165, 1.54) is 0 Å². The van der Waals surface area contributed by atoms with Crippen LogP contribution in [0.25, 0.3) is 0 Å². The third kappa shape index (κ3) is 1.80. The van der Waals surface area contributed by atoms with Gasteiger partial charge < -0.3 is 0 Å². The second-order valence-corrected chi connectivity index (χ2v) is 6.83. The van der Waals surface area contributed by atoms with E-state index in [1.54, 1.807) is 0 Å². The van der Waals surface area contributed by atoms with Gasteiger partial charge in [-0.15, -0.1) is 0 Å². The molecule has 3 nitrogen and oxygen atoms in total. The summed E-state index contributed by atoms with van der Waals surface area (Å²) >= 11 is 0. The molecule has 2 fully saturated rings. The van der Waals surface area contributed by atoms with Crippen molar-refractivity contribution in [2.75, 3.05) is 0 Å². The highest BCUT2D eigenvalue weighted by Crippen LogP contribution is 2.62. The highest BCUT2D eigenvalue weighted by atomic mass is 16.2. The molecule has 2 atom stereocenters. The lowest BCUT2D eigenvalue weighted by Gasteiger charge is -2.48. The Morgan fingerprint density at radius 1 is 1.10 bits per heavy atom. The van der Waals surface area contributed by atoms with Gasteiger partial charge >= 0.3 is 0 Å². The van der Waals surface area contributed by atoms with E-state index in [0.29, 0.717) is 6.42 Å². The zero-order valence-electron chi connectivity index (χ0n) is 12.1. The van der Waals surface area contributed by atoms with Crippen molar-refractivity contribution in [2.45, 2.75) is 45.4 Å². The van der Waals surface area contributed by atoms with Crippen molar-refractivity contribution in [3.63, 3.8) is 0 Å². The predicted molar refractivity (Wildman–Crippen MR) is 77.0 cm³/mol. The first-order chi connectivity index (χ1) is 9.46. The second kappa shape index (κ2) is 4.44. The molecule has 2 amide bonds. The van der Waals surface area contributed by atoms with Gasteiger partial charge in [0.15, 0.2) is 0 Å². The Labute approximate surface area is 119 Å². The lowest BCUT2D eigenvalue weighted by molar-refractivity contribution is -0.144. The first-order valence-corrected chi connectivity index (χ1v) is 7.35. The van der Waals surface area contributed by atoms with Crippen molar-refractivity contribution >= 4 is 11.8 Å². The number of hydrogen-bond donors (Lipinski definition) is 1. The summed E-state index contributed by atoms with van der Waals surface area (Å²) in [4.78, 5) is 24.5. The number of hydrogen-bond acceptors (Lipinski definition) is 2. The molecule has 2 unspecified atom stereocenters. The fourth-order valence-corrected chi connectivity index (χ4v) is 4.31. The van der Waals surface area contributed by atoms with Crippen molar-refractivity contribution < 1.29 is 9.59 Å². The van der Waals surface area contributed by atoms with Crippen LogP contribution in [0.3, 0.4) is 0 Å². The summed E-state index contributed by atoms with van der Waals surface area (Å²) in [5.41, 5.74) is 0.821. The second-order valence-electron chi connectivity index (χ2n) is 6.83. The number of carbonyl (C=O) groups is 2. The number of piperidine rings is 1. The summed E-state index contributed by atoms with van der Waals surface area (Å²) in [7, 11) is 0. The molecule has 106 valence electrons. The van der Waals surface area contributed by atoms with Crippen molar-refractivity contribution in [3.8, 4) is 0 Å². The zero-order valence-corrected chi connectivity index (χ0v) is 12.1. The minimum Gasteiger partial charge on any atom is -0.296 e. The Hall–Kier alpha value is -1.64. The van der Waals surface area contributed by atoms with Crippen LogP contribution in [0.5, 0.6) is 0 Å². The number of amides is 2. The van der Waals surface area contributed by atoms with Gasteiger partial charge in [0.25, 0.3) is 0 Å². The van der Waals surface area contributed by atoms with Crippen LogP contribution in [-0.4, -0.2) is 11.8 Å². The number of benzene rings is 1. The van der Waals surface area contributed by atoms with Crippen molar-refractivity contribution in [1.82, 2.24) is 5.32 Å². The van der Waals surface area contributed by atoms with Crippen LogP contribution >= 0.6 is 0 Å². The van der Waals surface area contributed by atoms with E-state index < -0.39 is 0 Å². The molecule has 1 aromatic carbocycles. The first kappa shape index (κ1) is 13.3. The van der Waals surface area contributed by atoms with Gasteiger partial charge in [-0.1, -0.05) is 50.6 Å². The van der Waals surface area contributed by atoms with Gasteiger partial charge in [0.05, 0.1) is 5.92 Å². The average Bonchev–Trinajstić information content (AvgIpc) is 2.65. The van der Waals surface area contributed by atoms with Crippen LogP contribution < -0.4 is 5.32 Å². The molecule has 1 N–H and O–H groups in total. The molecular formula is C17H21NO2. The van der Waals surface area contributed by atoms with Crippen LogP contribution in [-0.2, 0) is 9.59 Å². The Morgan fingerprint density at radius 3 is 2.40 bits per heavy atom. The quantitative estimate of drug-likeness (QED) is 0.798. The smallest absolute Gasteiger partial charge is 0.234 e. The van der Waals surface area contributed by atoms with E-state index >= 15 is 0 Å². The topological polar surface area (TPSA) is 46.2 Å². The van der Waals surface area contributed by atoms with Gasteiger partial charge in [-0.3, -0.25) is 14.9 Å². The molecule has 3 heteroatoms. The molecule has 1 spiro atoms. The maximum atomic E-state index is 12.5. The SMILES string of the molecule is CC1(C)CCCC12CC(=O)NC(=O)C2c1ccccc1. The Kier molecular flexibility index (Phi) is 2.96. The molecule has 1 saturated heterocycles. The zero-order chi connectivity index (χ0) is 14.4. The van der Waals surface area contributed by atoms with E-state index in [1.807, 2.05) is 30.3 Å². The Morgan fingerprint density at radius 2 is 1.80 bits per heavy atom. The van der Waals surface area contributed by atoms with Crippen molar-refractivity contribution in [3.05, 3.63) is 35.9 Å². The van der Waals surface area contributed by atoms with E-state index in [2.05, 4.69) is 19.2 Å². The largest absolute Gasteiger partial charge is 0.296 e. The first-order valence-electron chi connectivity index (χ1n) is 7.35. The minimum atomic E-state index is -0.228. The van der Waals surface area contributed by atoms with Gasteiger partial charge in [0.1, 0.15) is 0 Å². The lowest BCUT2D eigenvalue weighted by atomic mass is 9.56. The van der Waals surface area contributed by atoms with Crippen LogP contribution in [0.1, 0.15) is 51.0 Å². The molecule has 1 aliphatic heterocycles. The highest BCUT2D eigenvalue weighted by molar-refractivity contribution is 6.02. The van der Waals surface area contributed by atoms with E-state index in [4.69, 9.17) is 0 Å². The summed E-state index contributed by atoms with van der Waals surface area (Å²) in [6.45, 7) is 4.42. The van der Waals surface area contributed by atoms with Crippen LogP contribution in [0.15, 0.2) is 30.3 Å². The Balaban J connectivity index is 2.13. The van der Waals surface area contributed by atoms with E-state index in [0.717, 1.165) is 24.8 Å². The molecule has 0 radical (unpaired) electrons. The molecule has 20 heavy (non-hydrogen) atoms. The number of nitrogens with one attached hydrogen (secondary N) is 1. The number of carbonyl (C=O) groups excluding carboxylic acids is 2. The molecule has 3 rings (SSSR count). The van der Waals surface area contributed by atoms with Gasteiger partial charge in [0, 0.05) is 6.42 Å². The summed E-state index contributed by atoms with van der Waals surface area (Å²) < 4.78 is 0. The fourth-order valence-electron chi connectivity index (χ4n) is 4.31. The Bertz CT molecular complexity index is 549. The lowest BCUT2D eigenvalue weighted by Crippen LogP contribution is -2.54. The summed E-state index contributed by atoms with van der Waals surface area (Å²) in [5.74, 6) is -0.446. The molecule has 1 aromatic rings. The third-order valence-electron chi connectivity index (χ3n) is 5.46. The van der Waals surface area contributed by atoms with E-state index in [9.17, 15) is 9.59 Å². The minimum absolute atomic E-state index is 0.0148. The molecule has 2 aliphatic rings. The van der Waals surface area contributed by atoms with Crippen LogP contribution in [0, 0.1) is 10.8 Å². The van der Waals surface area contributed by atoms with Gasteiger partial charge in [-0.2, -0.15) is 0 Å². The maximum Gasteiger partial charge on any atom is 0.234 e. The normalized spacial score (nSPS) is 32.4. The molecule has 1 saturated carbocycles. The van der Waals surface area contributed by atoms with E-state index in [-0.39, 0.29) is 28.6 Å².